The van der Waals surface area contributed by atoms with Gasteiger partial charge in [0.15, 0.2) is 0 Å². The molecular weight excluding hydrogens is 262 g/mol. The van der Waals surface area contributed by atoms with Gasteiger partial charge in [-0.1, -0.05) is 56.4 Å². The molecule has 1 unspecified atom stereocenters. The second-order valence-corrected chi connectivity index (χ2v) is 12.3. The van der Waals surface area contributed by atoms with Crippen LogP contribution < -0.4 is 0 Å². The summed E-state index contributed by atoms with van der Waals surface area (Å²) in [5, 5.41) is 8.78. The van der Waals surface area contributed by atoms with Gasteiger partial charge < -0.3 is 0 Å². The first kappa shape index (κ1) is 15.0. The fourth-order valence-corrected chi connectivity index (χ4v) is 5.39. The van der Waals surface area contributed by atoms with Crippen LogP contribution in [0.2, 0.25) is 25.7 Å². The standard InChI is InChI=1S/C16H25N3Si/c1-6-12-16(7-2,13-20(3,4)5)19-15-11-9-8-10-14(15)17-18-19/h7-11H,2,6,12-13H2,1,3-5H3. The third-order valence-corrected chi connectivity index (χ3v) is 5.35. The largest absolute Gasteiger partial charge is 0.235 e. The monoisotopic (exact) mass is 287 g/mol. The van der Waals surface area contributed by atoms with E-state index in [1.165, 1.54) is 0 Å². The van der Waals surface area contributed by atoms with Gasteiger partial charge in [0.25, 0.3) is 0 Å². The van der Waals surface area contributed by atoms with E-state index in [4.69, 9.17) is 0 Å². The smallest absolute Gasteiger partial charge is 0.113 e. The fraction of sp³-hybridized carbons (Fsp3) is 0.500. The van der Waals surface area contributed by atoms with Crippen LogP contribution in [0.3, 0.4) is 0 Å². The summed E-state index contributed by atoms with van der Waals surface area (Å²) in [7, 11) is -1.25. The Balaban J connectivity index is 2.58. The number of hydrogen-bond donors (Lipinski definition) is 0. The highest BCUT2D eigenvalue weighted by Crippen LogP contribution is 2.35. The van der Waals surface area contributed by atoms with E-state index in [1.54, 1.807) is 0 Å². The van der Waals surface area contributed by atoms with E-state index in [9.17, 15) is 0 Å². The second kappa shape index (κ2) is 5.52. The summed E-state index contributed by atoms with van der Waals surface area (Å²) < 4.78 is 2.11. The van der Waals surface area contributed by atoms with Crippen molar-refractivity contribution in [3.63, 3.8) is 0 Å². The Bertz CT molecular complexity index is 597. The average Bonchev–Trinajstić information content (AvgIpc) is 2.81. The zero-order chi connectivity index (χ0) is 14.8. The van der Waals surface area contributed by atoms with Crippen molar-refractivity contribution in [2.75, 3.05) is 0 Å². The van der Waals surface area contributed by atoms with Gasteiger partial charge in [-0.3, -0.25) is 0 Å². The van der Waals surface area contributed by atoms with Gasteiger partial charge in [0.1, 0.15) is 5.52 Å². The first-order valence-electron chi connectivity index (χ1n) is 7.36. The first-order chi connectivity index (χ1) is 9.42. The van der Waals surface area contributed by atoms with Crippen LogP contribution in [0.25, 0.3) is 11.0 Å². The van der Waals surface area contributed by atoms with E-state index in [0.29, 0.717) is 0 Å². The summed E-state index contributed by atoms with van der Waals surface area (Å²) in [6.45, 7) is 13.6. The lowest BCUT2D eigenvalue weighted by Gasteiger charge is -2.36. The number of fused-ring (bicyclic) bond motifs is 1. The van der Waals surface area contributed by atoms with Crippen LogP contribution in [0.5, 0.6) is 0 Å². The predicted molar refractivity (Wildman–Crippen MR) is 88.8 cm³/mol. The van der Waals surface area contributed by atoms with Gasteiger partial charge in [-0.05, 0) is 24.6 Å². The molecule has 0 fully saturated rings. The molecule has 0 saturated heterocycles. The van der Waals surface area contributed by atoms with E-state index < -0.39 is 8.07 Å². The molecule has 2 aromatic rings. The van der Waals surface area contributed by atoms with E-state index in [1.807, 2.05) is 12.1 Å². The van der Waals surface area contributed by atoms with Crippen molar-refractivity contribution in [3.8, 4) is 0 Å². The minimum atomic E-state index is -1.25. The molecule has 0 radical (unpaired) electrons. The Morgan fingerprint density at radius 2 is 2.00 bits per heavy atom. The molecule has 0 bridgehead atoms. The van der Waals surface area contributed by atoms with Crippen LogP contribution in [0.1, 0.15) is 19.8 Å². The maximum Gasteiger partial charge on any atom is 0.113 e. The van der Waals surface area contributed by atoms with Crippen LogP contribution >= 0.6 is 0 Å². The van der Waals surface area contributed by atoms with Gasteiger partial charge >= 0.3 is 0 Å². The molecule has 0 aliphatic rings. The molecule has 20 heavy (non-hydrogen) atoms. The summed E-state index contributed by atoms with van der Waals surface area (Å²) in [5.41, 5.74) is 1.97. The van der Waals surface area contributed by atoms with Crippen molar-refractivity contribution < 1.29 is 0 Å². The van der Waals surface area contributed by atoms with Crippen molar-refractivity contribution in [2.24, 2.45) is 0 Å². The average molecular weight is 287 g/mol. The van der Waals surface area contributed by atoms with Crippen LogP contribution in [0.15, 0.2) is 36.9 Å². The van der Waals surface area contributed by atoms with Crippen molar-refractivity contribution in [1.29, 1.82) is 0 Å². The van der Waals surface area contributed by atoms with E-state index in [0.717, 1.165) is 29.9 Å². The summed E-state index contributed by atoms with van der Waals surface area (Å²) in [4.78, 5) is 0. The molecule has 4 heteroatoms. The molecule has 1 heterocycles. The molecular formula is C16H25N3Si. The molecule has 1 aromatic carbocycles. The lowest BCUT2D eigenvalue weighted by molar-refractivity contribution is 0.338. The lowest BCUT2D eigenvalue weighted by Crippen LogP contribution is -2.40. The van der Waals surface area contributed by atoms with E-state index in [2.05, 4.69) is 66.3 Å². The quantitative estimate of drug-likeness (QED) is 0.580. The van der Waals surface area contributed by atoms with E-state index >= 15 is 0 Å². The molecule has 108 valence electrons. The topological polar surface area (TPSA) is 30.7 Å². The number of aromatic nitrogens is 3. The predicted octanol–water partition coefficient (Wildman–Crippen LogP) is 4.45. The molecule has 0 N–H and O–H groups in total. The first-order valence-corrected chi connectivity index (χ1v) is 11.1. The van der Waals surface area contributed by atoms with Gasteiger partial charge in [0.2, 0.25) is 0 Å². The SMILES string of the molecule is C=CC(CCC)(C[Si](C)(C)C)n1nnc2ccccc21. The summed E-state index contributed by atoms with van der Waals surface area (Å²) in [5.74, 6) is 0. The summed E-state index contributed by atoms with van der Waals surface area (Å²) in [6, 6.07) is 9.33. The molecule has 1 aromatic heterocycles. The van der Waals surface area contributed by atoms with Crippen molar-refractivity contribution in [3.05, 3.63) is 36.9 Å². The third-order valence-electron chi connectivity index (χ3n) is 3.67. The normalized spacial score (nSPS) is 15.2. The molecule has 3 nitrogen and oxygen atoms in total. The maximum atomic E-state index is 4.46. The number of nitrogens with zero attached hydrogens (tertiary/aromatic N) is 3. The lowest BCUT2D eigenvalue weighted by atomic mass is 9.96. The molecule has 1 atom stereocenters. The summed E-state index contributed by atoms with van der Waals surface area (Å²) >= 11 is 0. The minimum absolute atomic E-state index is 0.102. The Kier molecular flexibility index (Phi) is 4.13. The van der Waals surface area contributed by atoms with Gasteiger partial charge in [0.05, 0.1) is 11.1 Å². The van der Waals surface area contributed by atoms with E-state index in [-0.39, 0.29) is 5.54 Å². The third kappa shape index (κ3) is 2.85. The molecule has 2 rings (SSSR count). The van der Waals surface area contributed by atoms with Crippen molar-refractivity contribution in [1.82, 2.24) is 15.0 Å². The number of rotatable bonds is 6. The maximum absolute atomic E-state index is 4.46. The van der Waals surface area contributed by atoms with Crippen LogP contribution in [-0.4, -0.2) is 23.1 Å². The van der Waals surface area contributed by atoms with Crippen LogP contribution in [0, 0.1) is 0 Å². The second-order valence-electron chi connectivity index (χ2n) is 6.79. The van der Waals surface area contributed by atoms with Gasteiger partial charge in [0, 0.05) is 8.07 Å². The van der Waals surface area contributed by atoms with Crippen LogP contribution in [-0.2, 0) is 5.54 Å². The molecule has 0 amide bonds. The highest BCUT2D eigenvalue weighted by molar-refractivity contribution is 6.76. The minimum Gasteiger partial charge on any atom is -0.235 e. The molecule has 0 aliphatic heterocycles. The number of hydrogen-bond acceptors (Lipinski definition) is 2. The highest BCUT2D eigenvalue weighted by Gasteiger charge is 2.35. The van der Waals surface area contributed by atoms with Gasteiger partial charge in [-0.25, -0.2) is 4.68 Å². The number of para-hydroxylation sites is 1. The molecule has 0 saturated carbocycles. The van der Waals surface area contributed by atoms with Crippen LogP contribution in [0.4, 0.5) is 0 Å². The number of allylic oxidation sites excluding steroid dienone is 1. The molecule has 0 aliphatic carbocycles. The number of benzene rings is 1. The summed E-state index contributed by atoms with van der Waals surface area (Å²) in [6.07, 6.45) is 4.27. The highest BCUT2D eigenvalue weighted by atomic mass is 28.3. The fourth-order valence-electron chi connectivity index (χ4n) is 3.08. The Morgan fingerprint density at radius 3 is 2.60 bits per heavy atom. The molecule has 0 spiro atoms. The van der Waals surface area contributed by atoms with Gasteiger partial charge in [-0.2, -0.15) is 0 Å². The zero-order valence-electron chi connectivity index (χ0n) is 13.1. The van der Waals surface area contributed by atoms with Crippen molar-refractivity contribution >= 4 is 19.1 Å². The van der Waals surface area contributed by atoms with Crippen molar-refractivity contribution in [2.45, 2.75) is 51.0 Å². The Hall–Kier alpha value is -1.42. The van der Waals surface area contributed by atoms with Gasteiger partial charge in [-0.15, -0.1) is 11.7 Å². The Labute approximate surface area is 122 Å². The Morgan fingerprint density at radius 1 is 1.30 bits per heavy atom. The zero-order valence-corrected chi connectivity index (χ0v) is 14.1.